The van der Waals surface area contributed by atoms with Crippen molar-refractivity contribution >= 4 is 6.04 Å². The number of hydrogen-bond acceptors (Lipinski definition) is 2. The van der Waals surface area contributed by atoms with E-state index in [9.17, 15) is 9.18 Å². The molecule has 3 heteroatoms. The van der Waals surface area contributed by atoms with Crippen molar-refractivity contribution in [2.75, 3.05) is 0 Å². The Morgan fingerprint density at radius 1 is 1.11 bits per heavy atom. The minimum atomic E-state index is -1.39. The molecule has 2 nitrogen and oxygen atoms in total. The van der Waals surface area contributed by atoms with E-state index < -0.39 is 6.04 Å². The molecule has 0 heterocycles. The molecule has 0 saturated heterocycles. The maximum absolute atomic E-state index is 12.4. The molecule has 0 aliphatic carbocycles. The molecule has 98 valence electrons. The molecule has 0 saturated carbocycles. The Bertz CT molecular complexity index is 536. The first-order valence-electron chi connectivity index (χ1n) is 6.24. The van der Waals surface area contributed by atoms with Gasteiger partial charge in [0.15, 0.2) is 0 Å². The van der Waals surface area contributed by atoms with Crippen LogP contribution in [-0.2, 0) is 6.54 Å². The summed E-state index contributed by atoms with van der Waals surface area (Å²) in [6.45, 7) is 2.77. The van der Waals surface area contributed by atoms with E-state index in [1.54, 1.807) is 12.1 Å². The third-order valence-corrected chi connectivity index (χ3v) is 3.09. The van der Waals surface area contributed by atoms with Gasteiger partial charge in [0.1, 0.15) is 0 Å². The smallest absolute Gasteiger partial charge is 0.306 e. The molecule has 2 aromatic rings. The second-order valence-electron chi connectivity index (χ2n) is 4.48. The van der Waals surface area contributed by atoms with Crippen LogP contribution in [-0.4, -0.2) is 6.04 Å². The van der Waals surface area contributed by atoms with Crippen LogP contribution < -0.4 is 5.32 Å². The number of carbonyl (C=O) groups excluding carboxylic acids is 1. The van der Waals surface area contributed by atoms with Crippen LogP contribution in [0.2, 0.25) is 0 Å². The number of hydrogen-bond donors (Lipinski definition) is 1. The summed E-state index contributed by atoms with van der Waals surface area (Å²) in [5.41, 5.74) is 2.34. The van der Waals surface area contributed by atoms with Crippen molar-refractivity contribution in [2.45, 2.75) is 19.5 Å². The number of rotatable bonds is 5. The third kappa shape index (κ3) is 3.73. The van der Waals surface area contributed by atoms with Gasteiger partial charge in [-0.1, -0.05) is 42.5 Å². The van der Waals surface area contributed by atoms with E-state index in [2.05, 4.69) is 24.4 Å². The number of benzene rings is 2. The molecule has 0 bridgehead atoms. The zero-order valence-electron chi connectivity index (χ0n) is 10.8. The van der Waals surface area contributed by atoms with Gasteiger partial charge in [0, 0.05) is 12.6 Å². The van der Waals surface area contributed by atoms with Crippen LogP contribution in [0.5, 0.6) is 0 Å². The highest BCUT2D eigenvalue weighted by Gasteiger charge is 2.05. The standard InChI is InChI=1S/C16H16FNO/c1-12(14-5-3-2-4-6-14)18-11-13-7-9-15(10-8-13)16(17)19/h2-10,12,18H,11H2,1H3. The first-order valence-corrected chi connectivity index (χ1v) is 6.24. The molecule has 1 N–H and O–H groups in total. The van der Waals surface area contributed by atoms with Gasteiger partial charge in [0.2, 0.25) is 0 Å². The van der Waals surface area contributed by atoms with Crippen LogP contribution in [0, 0.1) is 0 Å². The van der Waals surface area contributed by atoms with E-state index in [-0.39, 0.29) is 11.6 Å². The van der Waals surface area contributed by atoms with Crippen LogP contribution >= 0.6 is 0 Å². The van der Waals surface area contributed by atoms with E-state index >= 15 is 0 Å². The summed E-state index contributed by atoms with van der Waals surface area (Å²) in [5, 5.41) is 3.39. The highest BCUT2D eigenvalue weighted by molar-refractivity contribution is 5.88. The summed E-state index contributed by atoms with van der Waals surface area (Å²) in [6.07, 6.45) is 0. The predicted molar refractivity (Wildman–Crippen MR) is 73.6 cm³/mol. The second kappa shape index (κ2) is 6.25. The molecule has 19 heavy (non-hydrogen) atoms. The average molecular weight is 257 g/mol. The van der Waals surface area contributed by atoms with Gasteiger partial charge >= 0.3 is 6.04 Å². The lowest BCUT2D eigenvalue weighted by atomic mass is 10.1. The molecule has 0 spiro atoms. The topological polar surface area (TPSA) is 29.1 Å². The summed E-state index contributed by atoms with van der Waals surface area (Å²) in [5.74, 6) is 0. The van der Waals surface area contributed by atoms with Gasteiger partial charge < -0.3 is 5.32 Å². The van der Waals surface area contributed by atoms with Crippen LogP contribution in [0.4, 0.5) is 4.39 Å². The summed E-state index contributed by atoms with van der Waals surface area (Å²) in [6, 6.07) is 15.5. The lowest BCUT2D eigenvalue weighted by Crippen LogP contribution is -2.17. The van der Waals surface area contributed by atoms with Crippen molar-refractivity contribution < 1.29 is 9.18 Å². The van der Waals surface area contributed by atoms with Gasteiger partial charge in [-0.2, -0.15) is 4.39 Å². The molecule has 0 amide bonds. The van der Waals surface area contributed by atoms with Crippen LogP contribution in [0.1, 0.15) is 34.5 Å². The Morgan fingerprint density at radius 2 is 1.74 bits per heavy atom. The molecule has 0 radical (unpaired) electrons. The third-order valence-electron chi connectivity index (χ3n) is 3.09. The SMILES string of the molecule is CC(NCc1ccc(C(=O)F)cc1)c1ccccc1. The fraction of sp³-hybridized carbons (Fsp3) is 0.188. The Morgan fingerprint density at radius 3 is 2.32 bits per heavy atom. The Kier molecular flexibility index (Phi) is 4.42. The Labute approximate surface area is 112 Å². The highest BCUT2D eigenvalue weighted by Crippen LogP contribution is 2.12. The molecule has 1 unspecified atom stereocenters. The minimum Gasteiger partial charge on any atom is -0.306 e. The zero-order valence-corrected chi connectivity index (χ0v) is 10.8. The normalized spacial score (nSPS) is 12.1. The number of halogens is 1. The van der Waals surface area contributed by atoms with Gasteiger partial charge in [-0.15, -0.1) is 0 Å². The first-order chi connectivity index (χ1) is 9.16. The van der Waals surface area contributed by atoms with E-state index in [0.29, 0.717) is 6.54 Å². The van der Waals surface area contributed by atoms with E-state index in [4.69, 9.17) is 0 Å². The molecular formula is C16H16FNO. The van der Waals surface area contributed by atoms with Crippen LogP contribution in [0.15, 0.2) is 54.6 Å². The van der Waals surface area contributed by atoms with E-state index in [0.717, 1.165) is 5.56 Å². The molecule has 0 aliphatic rings. The van der Waals surface area contributed by atoms with Crippen molar-refractivity contribution in [1.29, 1.82) is 0 Å². The largest absolute Gasteiger partial charge is 0.332 e. The number of nitrogens with one attached hydrogen (secondary N) is 1. The van der Waals surface area contributed by atoms with Crippen LogP contribution in [0.25, 0.3) is 0 Å². The van der Waals surface area contributed by atoms with Crippen molar-refractivity contribution in [1.82, 2.24) is 5.32 Å². The fourth-order valence-corrected chi connectivity index (χ4v) is 1.88. The van der Waals surface area contributed by atoms with Gasteiger partial charge in [-0.3, -0.25) is 4.79 Å². The zero-order chi connectivity index (χ0) is 13.7. The summed E-state index contributed by atoms with van der Waals surface area (Å²) < 4.78 is 12.4. The fourth-order valence-electron chi connectivity index (χ4n) is 1.88. The first kappa shape index (κ1) is 13.4. The van der Waals surface area contributed by atoms with Gasteiger partial charge in [0.05, 0.1) is 5.56 Å². The van der Waals surface area contributed by atoms with Crippen molar-refractivity contribution in [3.8, 4) is 0 Å². The molecule has 2 aromatic carbocycles. The monoisotopic (exact) mass is 257 g/mol. The Balaban J connectivity index is 1.93. The predicted octanol–water partition coefficient (Wildman–Crippen LogP) is 3.65. The maximum Gasteiger partial charge on any atom is 0.332 e. The van der Waals surface area contributed by atoms with Crippen molar-refractivity contribution in [3.05, 3.63) is 71.3 Å². The lowest BCUT2D eigenvalue weighted by Gasteiger charge is -2.14. The number of carbonyl (C=O) groups is 1. The van der Waals surface area contributed by atoms with E-state index in [1.165, 1.54) is 17.7 Å². The molecule has 0 fully saturated rings. The summed E-state index contributed by atoms with van der Waals surface area (Å²) >= 11 is 0. The quantitative estimate of drug-likeness (QED) is 0.828. The molecule has 2 rings (SSSR count). The Hall–Kier alpha value is -2.00. The molecule has 1 atom stereocenters. The van der Waals surface area contributed by atoms with Gasteiger partial charge in [-0.25, -0.2) is 0 Å². The highest BCUT2D eigenvalue weighted by atomic mass is 19.1. The van der Waals surface area contributed by atoms with E-state index in [1.807, 2.05) is 18.2 Å². The molecule has 0 aromatic heterocycles. The van der Waals surface area contributed by atoms with Crippen molar-refractivity contribution in [2.24, 2.45) is 0 Å². The summed E-state index contributed by atoms with van der Waals surface area (Å²) in [4.78, 5) is 10.5. The second-order valence-corrected chi connectivity index (χ2v) is 4.48. The van der Waals surface area contributed by atoms with Crippen LogP contribution in [0.3, 0.4) is 0 Å². The van der Waals surface area contributed by atoms with Gasteiger partial charge in [-0.05, 0) is 30.2 Å². The average Bonchev–Trinajstić information content (AvgIpc) is 2.46. The molecular weight excluding hydrogens is 241 g/mol. The maximum atomic E-state index is 12.4. The van der Waals surface area contributed by atoms with Gasteiger partial charge in [0.25, 0.3) is 0 Å². The summed E-state index contributed by atoms with van der Waals surface area (Å²) in [7, 11) is 0. The molecule has 0 aliphatic heterocycles. The lowest BCUT2D eigenvalue weighted by molar-refractivity contribution is 0.0836. The van der Waals surface area contributed by atoms with Crippen molar-refractivity contribution in [3.63, 3.8) is 0 Å². The minimum absolute atomic E-state index is 0.0971.